The standard InChI is InChI=1S/C26H36N2/c1-18-12-9-10-17-24(18)28-22(5)21(4)27(23-15-7-6-8-16-23)26(28)25-19(2)13-11-14-20(25)3/h9-14,17,21-23,26H,6-8,15-16H2,1-5H3/t21?,22-,26?/m0/s1. The fourth-order valence-electron chi connectivity index (χ4n) is 5.71. The van der Waals surface area contributed by atoms with Crippen molar-refractivity contribution in [3.05, 3.63) is 64.7 Å². The molecule has 1 saturated carbocycles. The van der Waals surface area contributed by atoms with Gasteiger partial charge in [-0.15, -0.1) is 0 Å². The predicted octanol–water partition coefficient (Wildman–Crippen LogP) is 6.54. The van der Waals surface area contributed by atoms with Crippen LogP contribution in [0.2, 0.25) is 0 Å². The number of rotatable bonds is 3. The van der Waals surface area contributed by atoms with Crippen molar-refractivity contribution in [1.82, 2.24) is 4.90 Å². The van der Waals surface area contributed by atoms with Gasteiger partial charge >= 0.3 is 0 Å². The van der Waals surface area contributed by atoms with Crippen LogP contribution >= 0.6 is 0 Å². The highest BCUT2D eigenvalue weighted by Gasteiger charge is 2.47. The molecule has 0 aromatic heterocycles. The summed E-state index contributed by atoms with van der Waals surface area (Å²) in [6, 6.07) is 17.5. The molecule has 4 rings (SSSR count). The fourth-order valence-corrected chi connectivity index (χ4v) is 5.71. The molecule has 28 heavy (non-hydrogen) atoms. The van der Waals surface area contributed by atoms with Crippen molar-refractivity contribution in [3.63, 3.8) is 0 Å². The van der Waals surface area contributed by atoms with Gasteiger partial charge in [0, 0.05) is 23.8 Å². The minimum atomic E-state index is 0.329. The lowest BCUT2D eigenvalue weighted by molar-refractivity contribution is 0.103. The van der Waals surface area contributed by atoms with Gasteiger partial charge in [-0.3, -0.25) is 4.90 Å². The van der Waals surface area contributed by atoms with Gasteiger partial charge in [0.15, 0.2) is 0 Å². The first-order valence-electron chi connectivity index (χ1n) is 11.2. The van der Waals surface area contributed by atoms with E-state index in [9.17, 15) is 0 Å². The molecule has 2 aromatic carbocycles. The summed E-state index contributed by atoms with van der Waals surface area (Å²) in [5.74, 6) is 0. The summed E-state index contributed by atoms with van der Waals surface area (Å²) >= 11 is 0. The van der Waals surface area contributed by atoms with Gasteiger partial charge < -0.3 is 4.90 Å². The van der Waals surface area contributed by atoms with E-state index in [4.69, 9.17) is 0 Å². The number of hydrogen-bond acceptors (Lipinski definition) is 2. The number of nitrogens with zero attached hydrogens (tertiary/aromatic N) is 2. The highest BCUT2D eigenvalue weighted by Crippen LogP contribution is 2.46. The molecular weight excluding hydrogens is 340 g/mol. The highest BCUT2D eigenvalue weighted by atomic mass is 15.5. The van der Waals surface area contributed by atoms with Crippen LogP contribution in [0.15, 0.2) is 42.5 Å². The van der Waals surface area contributed by atoms with Crippen LogP contribution in [0.1, 0.15) is 74.4 Å². The summed E-state index contributed by atoms with van der Waals surface area (Å²) in [5.41, 5.74) is 7.14. The van der Waals surface area contributed by atoms with Crippen LogP contribution in [0.4, 0.5) is 5.69 Å². The summed E-state index contributed by atoms with van der Waals surface area (Å²) in [6.07, 6.45) is 7.19. The second-order valence-electron chi connectivity index (χ2n) is 9.09. The minimum absolute atomic E-state index is 0.329. The van der Waals surface area contributed by atoms with Gasteiger partial charge in [-0.1, -0.05) is 55.7 Å². The van der Waals surface area contributed by atoms with Crippen molar-refractivity contribution >= 4 is 5.69 Å². The van der Waals surface area contributed by atoms with E-state index < -0.39 is 0 Å². The Labute approximate surface area is 171 Å². The largest absolute Gasteiger partial charge is 0.347 e. The van der Waals surface area contributed by atoms with Gasteiger partial charge in [-0.25, -0.2) is 0 Å². The number of anilines is 1. The van der Waals surface area contributed by atoms with Crippen LogP contribution < -0.4 is 4.90 Å². The van der Waals surface area contributed by atoms with Crippen LogP contribution in [-0.4, -0.2) is 23.0 Å². The van der Waals surface area contributed by atoms with Gasteiger partial charge in [0.2, 0.25) is 0 Å². The lowest BCUT2D eigenvalue weighted by Gasteiger charge is -2.41. The van der Waals surface area contributed by atoms with E-state index in [1.807, 2.05) is 0 Å². The molecule has 1 aliphatic heterocycles. The number of aryl methyl sites for hydroxylation is 3. The van der Waals surface area contributed by atoms with Crippen molar-refractivity contribution < 1.29 is 0 Å². The molecule has 0 bridgehead atoms. The van der Waals surface area contributed by atoms with Crippen LogP contribution in [-0.2, 0) is 0 Å². The van der Waals surface area contributed by atoms with Crippen molar-refractivity contribution in [1.29, 1.82) is 0 Å². The molecule has 0 radical (unpaired) electrons. The van der Waals surface area contributed by atoms with E-state index in [2.05, 4.69) is 86.9 Å². The SMILES string of the molecule is Cc1ccccc1N1C(c2c(C)cccc2C)N(C2CCCCC2)C(C)[C@@H]1C. The lowest BCUT2D eigenvalue weighted by atomic mass is 9.91. The fraction of sp³-hybridized carbons (Fsp3) is 0.538. The number of para-hydroxylation sites is 1. The Morgan fingerprint density at radius 1 is 0.714 bits per heavy atom. The third-order valence-corrected chi connectivity index (χ3v) is 7.34. The molecule has 1 aliphatic carbocycles. The average Bonchev–Trinajstić information content (AvgIpc) is 2.94. The molecule has 2 aromatic rings. The number of benzene rings is 2. The maximum absolute atomic E-state index is 2.88. The van der Waals surface area contributed by atoms with E-state index in [1.165, 1.54) is 60.0 Å². The molecule has 3 atom stereocenters. The van der Waals surface area contributed by atoms with Gasteiger partial charge in [-0.05, 0) is 75.8 Å². The summed E-state index contributed by atoms with van der Waals surface area (Å²) < 4.78 is 0. The maximum Gasteiger partial charge on any atom is 0.110 e. The summed E-state index contributed by atoms with van der Waals surface area (Å²) in [7, 11) is 0. The number of hydrogen-bond donors (Lipinski definition) is 0. The maximum atomic E-state index is 2.88. The Bertz CT molecular complexity index is 801. The van der Waals surface area contributed by atoms with Crippen molar-refractivity contribution in [2.45, 2.75) is 91.0 Å². The second kappa shape index (κ2) is 7.91. The monoisotopic (exact) mass is 376 g/mol. The molecule has 1 heterocycles. The first kappa shape index (κ1) is 19.5. The quantitative estimate of drug-likeness (QED) is 0.600. The molecule has 2 fully saturated rings. The molecule has 0 spiro atoms. The first-order chi connectivity index (χ1) is 13.5. The molecule has 1 saturated heterocycles. The van der Waals surface area contributed by atoms with Crippen molar-refractivity contribution in [2.24, 2.45) is 0 Å². The van der Waals surface area contributed by atoms with Crippen molar-refractivity contribution in [3.8, 4) is 0 Å². The molecule has 2 unspecified atom stereocenters. The smallest absolute Gasteiger partial charge is 0.110 e. The summed E-state index contributed by atoms with van der Waals surface area (Å²) in [5, 5.41) is 0. The molecule has 0 amide bonds. The Morgan fingerprint density at radius 2 is 1.32 bits per heavy atom. The molecule has 2 heteroatoms. The topological polar surface area (TPSA) is 6.48 Å². The Morgan fingerprint density at radius 3 is 1.96 bits per heavy atom. The van der Waals surface area contributed by atoms with Gasteiger partial charge in [-0.2, -0.15) is 0 Å². The zero-order valence-corrected chi connectivity index (χ0v) is 18.3. The van der Waals surface area contributed by atoms with Gasteiger partial charge in [0.1, 0.15) is 6.17 Å². The zero-order chi connectivity index (χ0) is 19.8. The van der Waals surface area contributed by atoms with Crippen LogP contribution in [0, 0.1) is 20.8 Å². The molecule has 150 valence electrons. The lowest BCUT2D eigenvalue weighted by Crippen LogP contribution is -2.43. The van der Waals surface area contributed by atoms with Gasteiger partial charge in [0.05, 0.1) is 0 Å². The van der Waals surface area contributed by atoms with Gasteiger partial charge in [0.25, 0.3) is 0 Å². The van der Waals surface area contributed by atoms with E-state index in [0.29, 0.717) is 24.3 Å². The second-order valence-corrected chi connectivity index (χ2v) is 9.09. The first-order valence-corrected chi connectivity index (χ1v) is 11.2. The van der Waals surface area contributed by atoms with Crippen LogP contribution in [0.25, 0.3) is 0 Å². The zero-order valence-electron chi connectivity index (χ0n) is 18.3. The molecule has 0 N–H and O–H groups in total. The summed E-state index contributed by atoms with van der Waals surface area (Å²) in [6.45, 7) is 11.7. The van der Waals surface area contributed by atoms with Crippen molar-refractivity contribution in [2.75, 3.05) is 4.90 Å². The van der Waals surface area contributed by atoms with E-state index >= 15 is 0 Å². The van der Waals surface area contributed by atoms with Crippen LogP contribution in [0.5, 0.6) is 0 Å². The van der Waals surface area contributed by atoms with E-state index in [0.717, 1.165) is 0 Å². The Balaban J connectivity index is 1.88. The minimum Gasteiger partial charge on any atom is -0.347 e. The average molecular weight is 377 g/mol. The third-order valence-electron chi connectivity index (χ3n) is 7.34. The Kier molecular flexibility index (Phi) is 5.51. The molecule has 2 nitrogen and oxygen atoms in total. The van der Waals surface area contributed by atoms with Crippen LogP contribution in [0.3, 0.4) is 0 Å². The molecular formula is C26H36N2. The van der Waals surface area contributed by atoms with E-state index in [-0.39, 0.29) is 0 Å². The normalized spacial score (nSPS) is 26.8. The summed E-state index contributed by atoms with van der Waals surface area (Å²) in [4.78, 5) is 5.61. The third kappa shape index (κ3) is 3.26. The Hall–Kier alpha value is -1.80. The highest BCUT2D eigenvalue weighted by molar-refractivity contribution is 5.58. The molecule has 2 aliphatic rings. The predicted molar refractivity (Wildman–Crippen MR) is 120 cm³/mol. The van der Waals surface area contributed by atoms with E-state index in [1.54, 1.807) is 0 Å².